The second kappa shape index (κ2) is 5.38. The lowest BCUT2D eigenvalue weighted by atomic mass is 10.1. The number of halogens is 2. The van der Waals surface area contributed by atoms with Crippen LogP contribution in [0.25, 0.3) is 0 Å². The van der Waals surface area contributed by atoms with E-state index in [1.165, 1.54) is 7.05 Å². The van der Waals surface area contributed by atoms with Crippen LogP contribution in [0.2, 0.25) is 0 Å². The SMILES string of the molecule is CNCC(F)(F)C1CCCN1C(=O)OC(C)(C)C. The van der Waals surface area contributed by atoms with Gasteiger partial charge < -0.3 is 10.1 Å². The fraction of sp³-hybridized carbons (Fsp3) is 0.917. The van der Waals surface area contributed by atoms with Gasteiger partial charge in [0.25, 0.3) is 5.92 Å². The maximum Gasteiger partial charge on any atom is 0.410 e. The lowest BCUT2D eigenvalue weighted by Gasteiger charge is -2.32. The van der Waals surface area contributed by atoms with Crippen LogP contribution in [0.3, 0.4) is 0 Å². The number of ether oxygens (including phenoxy) is 1. The first kappa shape index (κ1) is 15.1. The summed E-state index contributed by atoms with van der Waals surface area (Å²) in [5.41, 5.74) is -0.664. The lowest BCUT2D eigenvalue weighted by molar-refractivity contribution is -0.0697. The van der Waals surface area contributed by atoms with Crippen LogP contribution in [0.5, 0.6) is 0 Å². The van der Waals surface area contributed by atoms with Crippen molar-refractivity contribution in [2.45, 2.75) is 51.2 Å². The van der Waals surface area contributed by atoms with Crippen LogP contribution in [-0.2, 0) is 4.74 Å². The van der Waals surface area contributed by atoms with Crippen molar-refractivity contribution >= 4 is 6.09 Å². The number of carbonyl (C=O) groups excluding carboxylic acids is 1. The monoisotopic (exact) mass is 264 g/mol. The van der Waals surface area contributed by atoms with Gasteiger partial charge >= 0.3 is 6.09 Å². The summed E-state index contributed by atoms with van der Waals surface area (Å²) in [5.74, 6) is -2.93. The minimum Gasteiger partial charge on any atom is -0.444 e. The van der Waals surface area contributed by atoms with E-state index in [9.17, 15) is 13.6 Å². The largest absolute Gasteiger partial charge is 0.444 e. The topological polar surface area (TPSA) is 41.6 Å². The maximum atomic E-state index is 13.9. The molecule has 0 aliphatic carbocycles. The second-order valence-electron chi connectivity index (χ2n) is 5.62. The molecule has 0 aromatic heterocycles. The van der Waals surface area contributed by atoms with Crippen LogP contribution in [0.4, 0.5) is 13.6 Å². The van der Waals surface area contributed by atoms with Gasteiger partial charge in [-0.15, -0.1) is 0 Å². The number of carbonyl (C=O) groups is 1. The molecule has 0 aromatic carbocycles. The van der Waals surface area contributed by atoms with Crippen molar-refractivity contribution in [1.82, 2.24) is 10.2 Å². The minimum absolute atomic E-state index is 0.313. The Kier molecular flexibility index (Phi) is 4.53. The van der Waals surface area contributed by atoms with Crippen molar-refractivity contribution in [3.05, 3.63) is 0 Å². The van der Waals surface area contributed by atoms with E-state index in [0.29, 0.717) is 19.4 Å². The van der Waals surface area contributed by atoms with Crippen molar-refractivity contribution in [3.63, 3.8) is 0 Å². The molecule has 1 rings (SSSR count). The molecule has 0 bridgehead atoms. The molecule has 1 N–H and O–H groups in total. The first-order chi connectivity index (χ1) is 8.17. The predicted molar refractivity (Wildman–Crippen MR) is 64.8 cm³/mol. The third-order valence-corrected chi connectivity index (χ3v) is 2.78. The van der Waals surface area contributed by atoms with Gasteiger partial charge in [0.2, 0.25) is 0 Å². The fourth-order valence-corrected chi connectivity index (χ4v) is 2.10. The molecule has 1 fully saturated rings. The standard InChI is InChI=1S/C12H22F2N2O2/c1-11(2,3)18-10(17)16-7-5-6-9(16)12(13,14)8-15-4/h9,15H,5-8H2,1-4H3. The molecule has 1 aliphatic rings. The Hall–Kier alpha value is -0.910. The molecule has 1 saturated heterocycles. The molecule has 1 unspecified atom stereocenters. The van der Waals surface area contributed by atoms with Gasteiger partial charge in [0.05, 0.1) is 6.54 Å². The number of likely N-dealkylation sites (tertiary alicyclic amines) is 1. The Labute approximate surface area is 107 Å². The fourth-order valence-electron chi connectivity index (χ4n) is 2.10. The summed E-state index contributed by atoms with van der Waals surface area (Å²) in [5, 5.41) is 2.46. The average molecular weight is 264 g/mol. The minimum atomic E-state index is -2.93. The van der Waals surface area contributed by atoms with Crippen LogP contribution in [0.15, 0.2) is 0 Å². The van der Waals surface area contributed by atoms with Crippen LogP contribution in [0.1, 0.15) is 33.6 Å². The van der Waals surface area contributed by atoms with Gasteiger partial charge in [0.1, 0.15) is 11.6 Å². The number of hydrogen-bond donors (Lipinski definition) is 1. The molecule has 0 spiro atoms. The molecule has 6 heteroatoms. The highest BCUT2D eigenvalue weighted by Crippen LogP contribution is 2.32. The van der Waals surface area contributed by atoms with Gasteiger partial charge in [0.15, 0.2) is 0 Å². The molecule has 0 saturated carbocycles. The molecule has 0 radical (unpaired) electrons. The smallest absolute Gasteiger partial charge is 0.410 e. The van der Waals surface area contributed by atoms with Gasteiger partial charge in [-0.2, -0.15) is 0 Å². The maximum absolute atomic E-state index is 13.9. The molecule has 18 heavy (non-hydrogen) atoms. The van der Waals surface area contributed by atoms with E-state index >= 15 is 0 Å². The summed E-state index contributed by atoms with van der Waals surface area (Å²) in [6.07, 6.45) is 0.248. The zero-order chi connectivity index (χ0) is 14.0. The van der Waals surface area contributed by atoms with Gasteiger partial charge in [-0.1, -0.05) is 0 Å². The normalized spacial score (nSPS) is 21.2. The van der Waals surface area contributed by atoms with Crippen molar-refractivity contribution in [2.75, 3.05) is 20.1 Å². The summed E-state index contributed by atoms with van der Waals surface area (Å²) in [4.78, 5) is 13.0. The van der Waals surface area contributed by atoms with Gasteiger partial charge in [0, 0.05) is 6.54 Å². The highest BCUT2D eigenvalue weighted by molar-refractivity contribution is 5.69. The van der Waals surface area contributed by atoms with E-state index in [2.05, 4.69) is 5.32 Å². The number of amides is 1. The van der Waals surface area contributed by atoms with Crippen LogP contribution in [-0.4, -0.2) is 48.7 Å². The molecular formula is C12H22F2N2O2. The molecule has 1 aliphatic heterocycles. The van der Waals surface area contributed by atoms with Crippen molar-refractivity contribution in [3.8, 4) is 0 Å². The number of alkyl halides is 2. The predicted octanol–water partition coefficient (Wildman–Crippen LogP) is 2.24. The van der Waals surface area contributed by atoms with E-state index in [-0.39, 0.29) is 0 Å². The lowest BCUT2D eigenvalue weighted by Crippen LogP contribution is -2.51. The molecule has 4 nitrogen and oxygen atoms in total. The Morgan fingerprint density at radius 1 is 1.44 bits per heavy atom. The Bertz CT molecular complexity index is 303. The van der Waals surface area contributed by atoms with E-state index in [1.807, 2.05) is 0 Å². The summed E-state index contributed by atoms with van der Waals surface area (Å²) >= 11 is 0. The number of nitrogens with zero attached hydrogens (tertiary/aromatic N) is 1. The highest BCUT2D eigenvalue weighted by Gasteiger charge is 2.47. The van der Waals surface area contributed by atoms with Gasteiger partial charge in [-0.25, -0.2) is 13.6 Å². The van der Waals surface area contributed by atoms with Gasteiger partial charge in [-0.3, -0.25) is 4.90 Å². The zero-order valence-electron chi connectivity index (χ0n) is 11.4. The second-order valence-corrected chi connectivity index (χ2v) is 5.62. The number of hydrogen-bond acceptors (Lipinski definition) is 3. The van der Waals surface area contributed by atoms with E-state index in [4.69, 9.17) is 4.74 Å². The summed E-state index contributed by atoms with van der Waals surface area (Å²) in [6.45, 7) is 5.07. The highest BCUT2D eigenvalue weighted by atomic mass is 19.3. The number of rotatable bonds is 3. The summed E-state index contributed by atoms with van der Waals surface area (Å²) in [7, 11) is 1.47. The van der Waals surface area contributed by atoms with Crippen molar-refractivity contribution in [1.29, 1.82) is 0 Å². The van der Waals surface area contributed by atoms with Crippen LogP contribution in [0, 0.1) is 0 Å². The molecule has 0 aromatic rings. The molecular weight excluding hydrogens is 242 g/mol. The van der Waals surface area contributed by atoms with Gasteiger partial charge in [-0.05, 0) is 40.7 Å². The van der Waals surface area contributed by atoms with Crippen LogP contribution < -0.4 is 5.32 Å². The Morgan fingerprint density at radius 2 is 2.06 bits per heavy atom. The molecule has 1 amide bonds. The zero-order valence-corrected chi connectivity index (χ0v) is 11.4. The summed E-state index contributed by atoms with van der Waals surface area (Å²) in [6, 6.07) is -1.07. The molecule has 106 valence electrons. The van der Waals surface area contributed by atoms with Crippen molar-refractivity contribution in [2.24, 2.45) is 0 Å². The number of nitrogens with one attached hydrogen (secondary N) is 1. The third-order valence-electron chi connectivity index (χ3n) is 2.78. The first-order valence-corrected chi connectivity index (χ1v) is 6.19. The third kappa shape index (κ3) is 3.80. The Morgan fingerprint density at radius 3 is 2.56 bits per heavy atom. The summed E-state index contributed by atoms with van der Waals surface area (Å²) < 4.78 is 32.9. The quantitative estimate of drug-likeness (QED) is 0.850. The van der Waals surface area contributed by atoms with E-state index in [1.54, 1.807) is 20.8 Å². The van der Waals surface area contributed by atoms with E-state index in [0.717, 1.165) is 4.90 Å². The molecule has 1 heterocycles. The first-order valence-electron chi connectivity index (χ1n) is 6.19. The Balaban J connectivity index is 2.73. The van der Waals surface area contributed by atoms with E-state index < -0.39 is 30.2 Å². The van der Waals surface area contributed by atoms with Crippen molar-refractivity contribution < 1.29 is 18.3 Å². The van der Waals surface area contributed by atoms with Crippen LogP contribution >= 0.6 is 0 Å². The average Bonchev–Trinajstić information content (AvgIpc) is 2.63. The molecule has 1 atom stereocenters.